The van der Waals surface area contributed by atoms with E-state index in [1.807, 2.05) is 44.2 Å². The number of aromatic nitrogens is 2. The van der Waals surface area contributed by atoms with Gasteiger partial charge < -0.3 is 0 Å². The van der Waals surface area contributed by atoms with Gasteiger partial charge >= 0.3 is 0 Å². The summed E-state index contributed by atoms with van der Waals surface area (Å²) in [6.07, 6.45) is 0. The van der Waals surface area contributed by atoms with Crippen molar-refractivity contribution in [3.63, 3.8) is 0 Å². The summed E-state index contributed by atoms with van der Waals surface area (Å²) in [5.41, 5.74) is 5.10. The van der Waals surface area contributed by atoms with Crippen molar-refractivity contribution in [3.8, 4) is 11.4 Å². The molecule has 0 unspecified atom stereocenters. The van der Waals surface area contributed by atoms with Gasteiger partial charge in [0.15, 0.2) is 5.82 Å². The summed E-state index contributed by atoms with van der Waals surface area (Å²) in [4.78, 5) is 20.1. The number of aryl methyl sites for hydroxylation is 2. The average Bonchev–Trinajstić information content (AvgIpc) is 2.44. The van der Waals surface area contributed by atoms with Crippen molar-refractivity contribution >= 4 is 17.7 Å². The minimum absolute atomic E-state index is 0.233. The van der Waals surface area contributed by atoms with E-state index in [1.165, 1.54) is 11.8 Å². The third kappa shape index (κ3) is 3.79. The monoisotopic (exact) mass is 288 g/mol. The molecule has 6 heteroatoms. The lowest BCUT2D eigenvalue weighted by molar-refractivity contribution is -0.118. The van der Waals surface area contributed by atoms with Crippen molar-refractivity contribution in [2.45, 2.75) is 18.9 Å². The molecule has 0 fully saturated rings. The molecule has 0 saturated heterocycles. The van der Waals surface area contributed by atoms with E-state index >= 15 is 0 Å². The SMILES string of the molecule is Cc1cccc(-c2nc(C)cc(SCC(=O)NN)n2)c1. The molecular formula is C14H16N4OS. The molecular weight excluding hydrogens is 272 g/mol. The van der Waals surface area contributed by atoms with Crippen LogP contribution in [-0.2, 0) is 4.79 Å². The van der Waals surface area contributed by atoms with Gasteiger partial charge in [0.05, 0.1) is 5.75 Å². The summed E-state index contributed by atoms with van der Waals surface area (Å²) in [6.45, 7) is 3.94. The number of benzene rings is 1. The van der Waals surface area contributed by atoms with Crippen LogP contribution in [0.4, 0.5) is 0 Å². The molecule has 1 amide bonds. The van der Waals surface area contributed by atoms with Gasteiger partial charge in [-0.15, -0.1) is 0 Å². The highest BCUT2D eigenvalue weighted by molar-refractivity contribution is 7.99. The maximum Gasteiger partial charge on any atom is 0.244 e. The summed E-state index contributed by atoms with van der Waals surface area (Å²) in [6, 6.07) is 9.87. The molecule has 0 aliphatic carbocycles. The highest BCUT2D eigenvalue weighted by Crippen LogP contribution is 2.22. The summed E-state index contributed by atoms with van der Waals surface area (Å²) < 4.78 is 0. The number of rotatable bonds is 4. The van der Waals surface area contributed by atoms with Gasteiger partial charge in [-0.3, -0.25) is 10.2 Å². The Labute approximate surface area is 122 Å². The number of nitrogens with zero attached hydrogens (tertiary/aromatic N) is 2. The fraction of sp³-hybridized carbons (Fsp3) is 0.214. The van der Waals surface area contributed by atoms with E-state index < -0.39 is 0 Å². The van der Waals surface area contributed by atoms with Crippen LogP contribution in [-0.4, -0.2) is 21.6 Å². The van der Waals surface area contributed by atoms with Crippen LogP contribution in [0.25, 0.3) is 11.4 Å². The Morgan fingerprint density at radius 1 is 1.30 bits per heavy atom. The maximum atomic E-state index is 11.2. The Morgan fingerprint density at radius 2 is 2.10 bits per heavy atom. The van der Waals surface area contributed by atoms with E-state index in [1.54, 1.807) is 0 Å². The zero-order chi connectivity index (χ0) is 14.5. The second-order valence-electron chi connectivity index (χ2n) is 4.40. The number of carbonyl (C=O) groups is 1. The molecule has 1 aromatic heterocycles. The van der Waals surface area contributed by atoms with Gasteiger partial charge in [0, 0.05) is 11.3 Å². The minimum atomic E-state index is -0.233. The number of hydrogen-bond donors (Lipinski definition) is 2. The van der Waals surface area contributed by atoms with Gasteiger partial charge in [-0.2, -0.15) is 0 Å². The molecule has 2 aromatic rings. The first-order chi connectivity index (χ1) is 9.58. The number of carbonyl (C=O) groups excluding carboxylic acids is 1. The smallest absolute Gasteiger partial charge is 0.244 e. The van der Waals surface area contributed by atoms with E-state index in [0.717, 1.165) is 21.8 Å². The average molecular weight is 288 g/mol. The van der Waals surface area contributed by atoms with E-state index in [0.29, 0.717) is 5.82 Å². The zero-order valence-corrected chi connectivity index (χ0v) is 12.2. The van der Waals surface area contributed by atoms with Crippen molar-refractivity contribution in [3.05, 3.63) is 41.6 Å². The van der Waals surface area contributed by atoms with Crippen molar-refractivity contribution in [2.24, 2.45) is 5.84 Å². The Bertz CT molecular complexity index is 630. The number of hydrogen-bond acceptors (Lipinski definition) is 5. The quantitative estimate of drug-likeness (QED) is 0.295. The number of thioether (sulfide) groups is 1. The molecule has 0 atom stereocenters. The summed E-state index contributed by atoms with van der Waals surface area (Å²) in [7, 11) is 0. The van der Waals surface area contributed by atoms with Gasteiger partial charge in [-0.25, -0.2) is 15.8 Å². The first-order valence-electron chi connectivity index (χ1n) is 6.13. The fourth-order valence-electron chi connectivity index (χ4n) is 1.71. The second kappa shape index (κ2) is 6.49. The second-order valence-corrected chi connectivity index (χ2v) is 5.39. The van der Waals surface area contributed by atoms with Crippen LogP contribution in [0.5, 0.6) is 0 Å². The van der Waals surface area contributed by atoms with Gasteiger partial charge in [-0.05, 0) is 26.0 Å². The number of amides is 1. The molecule has 5 nitrogen and oxygen atoms in total. The lowest BCUT2D eigenvalue weighted by atomic mass is 10.1. The topological polar surface area (TPSA) is 80.9 Å². The molecule has 0 aliphatic rings. The highest BCUT2D eigenvalue weighted by atomic mass is 32.2. The molecule has 1 aromatic carbocycles. The van der Waals surface area contributed by atoms with Gasteiger partial charge in [0.25, 0.3) is 0 Å². The van der Waals surface area contributed by atoms with E-state index in [4.69, 9.17) is 5.84 Å². The summed E-state index contributed by atoms with van der Waals surface area (Å²) in [5.74, 6) is 5.73. The standard InChI is InChI=1S/C14H16N4OS/c1-9-4-3-5-11(6-9)14-16-10(2)7-13(17-14)20-8-12(19)18-15/h3-7H,8,15H2,1-2H3,(H,18,19). The Balaban J connectivity index is 2.26. The molecule has 2 rings (SSSR count). The number of hydrazine groups is 1. The molecule has 1 heterocycles. The zero-order valence-electron chi connectivity index (χ0n) is 11.4. The molecule has 0 aliphatic heterocycles. The van der Waals surface area contributed by atoms with E-state index in [9.17, 15) is 4.79 Å². The lowest BCUT2D eigenvalue weighted by Crippen LogP contribution is -2.31. The molecule has 0 saturated carbocycles. The first-order valence-corrected chi connectivity index (χ1v) is 7.12. The fourth-order valence-corrected chi connectivity index (χ4v) is 2.48. The van der Waals surface area contributed by atoms with Crippen molar-refractivity contribution in [1.29, 1.82) is 0 Å². The molecule has 104 valence electrons. The van der Waals surface area contributed by atoms with Gasteiger partial charge in [-0.1, -0.05) is 35.5 Å². The third-order valence-corrected chi connectivity index (χ3v) is 3.53. The van der Waals surface area contributed by atoms with Gasteiger partial charge in [0.2, 0.25) is 5.91 Å². The predicted octanol–water partition coefficient (Wildman–Crippen LogP) is 1.84. The van der Waals surface area contributed by atoms with Gasteiger partial charge in [0.1, 0.15) is 5.03 Å². The number of nitrogens with one attached hydrogen (secondary N) is 1. The van der Waals surface area contributed by atoms with Crippen LogP contribution >= 0.6 is 11.8 Å². The summed E-state index contributed by atoms with van der Waals surface area (Å²) in [5, 5.41) is 0.762. The third-order valence-electron chi connectivity index (χ3n) is 2.62. The lowest BCUT2D eigenvalue weighted by Gasteiger charge is -2.06. The van der Waals surface area contributed by atoms with Crippen molar-refractivity contribution < 1.29 is 4.79 Å². The van der Waals surface area contributed by atoms with Crippen LogP contribution < -0.4 is 11.3 Å². The van der Waals surface area contributed by atoms with Crippen LogP contribution in [0, 0.1) is 13.8 Å². The largest absolute Gasteiger partial charge is 0.294 e. The van der Waals surface area contributed by atoms with Crippen molar-refractivity contribution in [1.82, 2.24) is 15.4 Å². The molecule has 20 heavy (non-hydrogen) atoms. The van der Waals surface area contributed by atoms with Crippen molar-refractivity contribution in [2.75, 3.05) is 5.75 Å². The number of nitrogens with two attached hydrogens (primary N) is 1. The normalized spacial score (nSPS) is 10.3. The first kappa shape index (κ1) is 14.5. The Morgan fingerprint density at radius 3 is 2.80 bits per heavy atom. The Kier molecular flexibility index (Phi) is 4.70. The summed E-state index contributed by atoms with van der Waals surface area (Å²) >= 11 is 1.34. The Hall–Kier alpha value is -1.92. The van der Waals surface area contributed by atoms with E-state index in [2.05, 4.69) is 15.4 Å². The van der Waals surface area contributed by atoms with Crippen LogP contribution in [0.3, 0.4) is 0 Å². The minimum Gasteiger partial charge on any atom is -0.294 e. The molecule has 3 N–H and O–H groups in total. The van der Waals surface area contributed by atoms with E-state index in [-0.39, 0.29) is 11.7 Å². The predicted molar refractivity (Wildman–Crippen MR) is 80.0 cm³/mol. The molecule has 0 bridgehead atoms. The maximum absolute atomic E-state index is 11.2. The highest BCUT2D eigenvalue weighted by Gasteiger charge is 2.07. The van der Waals surface area contributed by atoms with Crippen LogP contribution in [0.1, 0.15) is 11.3 Å². The molecule has 0 spiro atoms. The van der Waals surface area contributed by atoms with Crippen LogP contribution in [0.2, 0.25) is 0 Å². The molecule has 0 radical (unpaired) electrons. The van der Waals surface area contributed by atoms with Crippen LogP contribution in [0.15, 0.2) is 35.4 Å².